The number of carbonyl (C=O) groups is 1. The molecule has 0 saturated carbocycles. The molecule has 0 saturated heterocycles. The number of nitrogens with one attached hydrogen (secondary N) is 2. The van der Waals surface area contributed by atoms with Crippen LogP contribution in [0.4, 0.5) is 0 Å². The first-order valence-corrected chi connectivity index (χ1v) is 8.89. The molecule has 0 spiro atoms. The van der Waals surface area contributed by atoms with Crippen LogP contribution in [0.25, 0.3) is 0 Å². The van der Waals surface area contributed by atoms with Crippen LogP contribution >= 0.6 is 0 Å². The zero-order valence-electron chi connectivity index (χ0n) is 13.6. The van der Waals surface area contributed by atoms with E-state index in [2.05, 4.69) is 16.6 Å². The Morgan fingerprint density at radius 3 is 2.71 bits per heavy atom. The Kier molecular flexibility index (Phi) is 5.58. The molecule has 1 aromatic carbocycles. The highest BCUT2D eigenvalue weighted by Gasteiger charge is 2.17. The SMILES string of the molecule is C=CCNS(=O)(=O)c1cccc(C(=O)NC(C)c2ccc(C)o2)c1. The summed E-state index contributed by atoms with van der Waals surface area (Å²) in [4.78, 5) is 12.4. The Morgan fingerprint density at radius 1 is 1.33 bits per heavy atom. The van der Waals surface area contributed by atoms with Crippen LogP contribution in [-0.4, -0.2) is 20.9 Å². The maximum absolute atomic E-state index is 12.3. The van der Waals surface area contributed by atoms with E-state index < -0.39 is 10.0 Å². The van der Waals surface area contributed by atoms with Crippen molar-refractivity contribution in [2.45, 2.75) is 24.8 Å². The van der Waals surface area contributed by atoms with Crippen LogP contribution in [0.15, 0.2) is 58.4 Å². The first-order valence-electron chi connectivity index (χ1n) is 7.41. The summed E-state index contributed by atoms with van der Waals surface area (Å²) in [5.74, 6) is 1.02. The second kappa shape index (κ2) is 7.46. The molecular weight excluding hydrogens is 328 g/mol. The van der Waals surface area contributed by atoms with Gasteiger partial charge in [-0.15, -0.1) is 6.58 Å². The molecule has 2 N–H and O–H groups in total. The number of sulfonamides is 1. The molecule has 1 unspecified atom stereocenters. The maximum atomic E-state index is 12.3. The first kappa shape index (κ1) is 18.0. The highest BCUT2D eigenvalue weighted by atomic mass is 32.2. The molecule has 1 amide bonds. The standard InChI is InChI=1S/C17H20N2O4S/c1-4-10-18-24(21,22)15-7-5-6-14(11-15)17(20)19-13(3)16-9-8-12(2)23-16/h4-9,11,13,18H,1,10H2,2-3H3,(H,19,20). The van der Waals surface area contributed by atoms with Gasteiger partial charge in [0.15, 0.2) is 0 Å². The van der Waals surface area contributed by atoms with Crippen LogP contribution < -0.4 is 10.0 Å². The van der Waals surface area contributed by atoms with Crippen molar-refractivity contribution in [2.24, 2.45) is 0 Å². The third-order valence-electron chi connectivity index (χ3n) is 3.36. The molecule has 7 heteroatoms. The number of benzene rings is 1. The fourth-order valence-electron chi connectivity index (χ4n) is 2.09. The summed E-state index contributed by atoms with van der Waals surface area (Å²) in [6.07, 6.45) is 1.45. The first-order chi connectivity index (χ1) is 11.3. The molecule has 0 bridgehead atoms. The average Bonchev–Trinajstić information content (AvgIpc) is 2.99. The van der Waals surface area contributed by atoms with E-state index in [1.807, 2.05) is 13.0 Å². The van der Waals surface area contributed by atoms with E-state index in [0.717, 1.165) is 5.76 Å². The normalized spacial score (nSPS) is 12.6. The highest BCUT2D eigenvalue weighted by Crippen LogP contribution is 2.17. The number of aryl methyl sites for hydroxylation is 1. The lowest BCUT2D eigenvalue weighted by Crippen LogP contribution is -2.27. The van der Waals surface area contributed by atoms with E-state index in [1.165, 1.54) is 24.3 Å². The summed E-state index contributed by atoms with van der Waals surface area (Å²) < 4.78 is 32.1. The van der Waals surface area contributed by atoms with E-state index in [4.69, 9.17) is 4.42 Å². The van der Waals surface area contributed by atoms with Gasteiger partial charge < -0.3 is 9.73 Å². The van der Waals surface area contributed by atoms with Crippen molar-refractivity contribution < 1.29 is 17.6 Å². The molecule has 0 aliphatic heterocycles. The van der Waals surface area contributed by atoms with Gasteiger partial charge in [0.25, 0.3) is 5.91 Å². The molecule has 0 aliphatic rings. The smallest absolute Gasteiger partial charge is 0.251 e. The van der Waals surface area contributed by atoms with Gasteiger partial charge in [-0.25, -0.2) is 13.1 Å². The van der Waals surface area contributed by atoms with Crippen LogP contribution in [0.5, 0.6) is 0 Å². The van der Waals surface area contributed by atoms with Crippen molar-refractivity contribution in [1.29, 1.82) is 0 Å². The number of hydrogen-bond donors (Lipinski definition) is 2. The lowest BCUT2D eigenvalue weighted by Gasteiger charge is -2.12. The number of amides is 1. The molecule has 128 valence electrons. The predicted octanol–water partition coefficient (Wildman–Crippen LogP) is 2.54. The number of hydrogen-bond acceptors (Lipinski definition) is 4. The zero-order chi connectivity index (χ0) is 17.7. The van der Waals surface area contributed by atoms with Gasteiger partial charge in [-0.3, -0.25) is 4.79 Å². The predicted molar refractivity (Wildman–Crippen MR) is 91.2 cm³/mol. The van der Waals surface area contributed by atoms with Gasteiger partial charge in [-0.05, 0) is 44.2 Å². The van der Waals surface area contributed by atoms with E-state index in [-0.39, 0.29) is 29.0 Å². The molecule has 6 nitrogen and oxygen atoms in total. The molecule has 1 heterocycles. The molecule has 0 radical (unpaired) electrons. The number of furan rings is 1. The minimum atomic E-state index is -3.68. The van der Waals surface area contributed by atoms with E-state index in [0.29, 0.717) is 5.76 Å². The van der Waals surface area contributed by atoms with Crippen molar-refractivity contribution in [3.05, 3.63) is 66.1 Å². The van der Waals surface area contributed by atoms with Gasteiger partial charge in [0.2, 0.25) is 10.0 Å². The van der Waals surface area contributed by atoms with E-state index in [9.17, 15) is 13.2 Å². The summed E-state index contributed by atoms with van der Waals surface area (Å²) in [6.45, 7) is 7.20. The van der Waals surface area contributed by atoms with Gasteiger partial charge in [0.05, 0.1) is 10.9 Å². The number of rotatable bonds is 7. The summed E-state index contributed by atoms with van der Waals surface area (Å²) in [6, 6.07) is 9.13. The second-order valence-corrected chi connectivity index (χ2v) is 7.08. The Morgan fingerprint density at radius 2 is 2.08 bits per heavy atom. The van der Waals surface area contributed by atoms with Crippen LogP contribution in [0.2, 0.25) is 0 Å². The Labute approximate surface area is 141 Å². The zero-order valence-corrected chi connectivity index (χ0v) is 14.4. The van der Waals surface area contributed by atoms with E-state index >= 15 is 0 Å². The largest absolute Gasteiger partial charge is 0.464 e. The molecular formula is C17H20N2O4S. The molecule has 0 fully saturated rings. The summed E-state index contributed by atoms with van der Waals surface area (Å²) >= 11 is 0. The second-order valence-electron chi connectivity index (χ2n) is 5.31. The lowest BCUT2D eigenvalue weighted by atomic mass is 10.2. The van der Waals surface area contributed by atoms with Crippen LogP contribution in [0.1, 0.15) is 34.8 Å². The molecule has 0 aliphatic carbocycles. The van der Waals surface area contributed by atoms with Gasteiger partial charge in [0, 0.05) is 12.1 Å². The molecule has 2 aromatic rings. The van der Waals surface area contributed by atoms with Crippen molar-refractivity contribution in [3.63, 3.8) is 0 Å². The Balaban J connectivity index is 2.15. The quantitative estimate of drug-likeness (QED) is 0.753. The molecule has 1 atom stereocenters. The minimum Gasteiger partial charge on any atom is -0.464 e. The topological polar surface area (TPSA) is 88.4 Å². The van der Waals surface area contributed by atoms with Gasteiger partial charge in [-0.2, -0.15) is 0 Å². The van der Waals surface area contributed by atoms with Crippen LogP contribution in [0.3, 0.4) is 0 Å². The summed E-state index contributed by atoms with van der Waals surface area (Å²) in [5, 5.41) is 2.78. The molecule has 2 rings (SSSR count). The lowest BCUT2D eigenvalue weighted by molar-refractivity contribution is 0.0935. The fourth-order valence-corrected chi connectivity index (χ4v) is 3.14. The van der Waals surface area contributed by atoms with E-state index in [1.54, 1.807) is 19.1 Å². The van der Waals surface area contributed by atoms with Crippen molar-refractivity contribution in [2.75, 3.05) is 6.54 Å². The van der Waals surface area contributed by atoms with Crippen LogP contribution in [-0.2, 0) is 10.0 Å². The maximum Gasteiger partial charge on any atom is 0.251 e. The summed E-state index contributed by atoms with van der Waals surface area (Å²) in [7, 11) is -3.68. The van der Waals surface area contributed by atoms with Gasteiger partial charge >= 0.3 is 0 Å². The third kappa shape index (κ3) is 4.33. The Bertz CT molecular complexity index is 840. The fraction of sp³-hybridized carbons (Fsp3) is 0.235. The minimum absolute atomic E-state index is 0.0264. The molecule has 1 aromatic heterocycles. The highest BCUT2D eigenvalue weighted by molar-refractivity contribution is 7.89. The van der Waals surface area contributed by atoms with Crippen molar-refractivity contribution in [1.82, 2.24) is 10.0 Å². The van der Waals surface area contributed by atoms with Crippen molar-refractivity contribution in [3.8, 4) is 0 Å². The average molecular weight is 348 g/mol. The molecule has 24 heavy (non-hydrogen) atoms. The van der Waals surface area contributed by atoms with Crippen LogP contribution in [0, 0.1) is 6.92 Å². The summed E-state index contributed by atoms with van der Waals surface area (Å²) in [5.41, 5.74) is 0.256. The third-order valence-corrected chi connectivity index (χ3v) is 4.78. The number of carbonyl (C=O) groups excluding carboxylic acids is 1. The Hall–Kier alpha value is -2.38. The van der Waals surface area contributed by atoms with Gasteiger partial charge in [0.1, 0.15) is 11.5 Å². The van der Waals surface area contributed by atoms with Gasteiger partial charge in [-0.1, -0.05) is 12.1 Å². The van der Waals surface area contributed by atoms with Crippen molar-refractivity contribution >= 4 is 15.9 Å². The monoisotopic (exact) mass is 348 g/mol.